The largest absolute Gasteiger partial charge is 0.358 e. The Labute approximate surface area is 162 Å². The van der Waals surface area contributed by atoms with Crippen molar-refractivity contribution in [3.05, 3.63) is 70.2 Å². The van der Waals surface area contributed by atoms with E-state index in [-0.39, 0.29) is 10.8 Å². The molecule has 1 N–H and O–H groups in total. The third-order valence-corrected chi connectivity index (χ3v) is 5.10. The lowest BCUT2D eigenvalue weighted by Gasteiger charge is -2.36. The van der Waals surface area contributed by atoms with Crippen LogP contribution >= 0.6 is 23.8 Å². The molecule has 7 heteroatoms. The number of hydrogen-bond acceptors (Lipinski definition) is 2. The van der Waals surface area contributed by atoms with Crippen molar-refractivity contribution in [3.63, 3.8) is 0 Å². The Hall–Kier alpha value is -1.76. The van der Waals surface area contributed by atoms with Gasteiger partial charge in [0.2, 0.25) is 0 Å². The molecule has 1 fully saturated rings. The van der Waals surface area contributed by atoms with Crippen molar-refractivity contribution in [2.75, 3.05) is 26.2 Å². The van der Waals surface area contributed by atoms with Gasteiger partial charge in [0.1, 0.15) is 11.6 Å². The van der Waals surface area contributed by atoms with Gasteiger partial charge in [0, 0.05) is 39.3 Å². The number of halogens is 3. The minimum absolute atomic E-state index is 0.160. The van der Waals surface area contributed by atoms with Gasteiger partial charge in [-0.15, -0.1) is 0 Å². The molecule has 0 atom stereocenters. The summed E-state index contributed by atoms with van der Waals surface area (Å²) >= 11 is 11.3. The Kier molecular flexibility index (Phi) is 6.40. The smallest absolute Gasteiger partial charge is 0.169 e. The van der Waals surface area contributed by atoms with Gasteiger partial charge >= 0.3 is 0 Å². The zero-order chi connectivity index (χ0) is 18.5. The molecule has 0 radical (unpaired) electrons. The molecule has 1 aliphatic heterocycles. The summed E-state index contributed by atoms with van der Waals surface area (Å²) in [7, 11) is 0. The van der Waals surface area contributed by atoms with E-state index in [9.17, 15) is 8.78 Å². The third-order valence-electron chi connectivity index (χ3n) is 4.41. The van der Waals surface area contributed by atoms with E-state index >= 15 is 0 Å². The fourth-order valence-electron chi connectivity index (χ4n) is 2.90. The van der Waals surface area contributed by atoms with Gasteiger partial charge in [0.15, 0.2) is 5.11 Å². The Bertz CT molecular complexity index is 762. The SMILES string of the molecule is Fc1ccc(CNC(=S)N2CCN(Cc3ccc(F)c(Cl)c3)CC2)cc1. The second kappa shape index (κ2) is 8.75. The maximum absolute atomic E-state index is 13.2. The summed E-state index contributed by atoms with van der Waals surface area (Å²) in [5.41, 5.74) is 1.99. The lowest BCUT2D eigenvalue weighted by Crippen LogP contribution is -2.51. The topological polar surface area (TPSA) is 18.5 Å². The van der Waals surface area contributed by atoms with Crippen LogP contribution in [-0.4, -0.2) is 41.1 Å². The molecule has 3 nitrogen and oxygen atoms in total. The highest BCUT2D eigenvalue weighted by Crippen LogP contribution is 2.18. The number of rotatable bonds is 4. The van der Waals surface area contributed by atoms with Crippen molar-refractivity contribution in [1.82, 2.24) is 15.1 Å². The van der Waals surface area contributed by atoms with Crippen molar-refractivity contribution < 1.29 is 8.78 Å². The van der Waals surface area contributed by atoms with Crippen molar-refractivity contribution >= 4 is 28.9 Å². The van der Waals surface area contributed by atoms with Crippen LogP contribution in [0.1, 0.15) is 11.1 Å². The van der Waals surface area contributed by atoms with Crippen LogP contribution in [0.5, 0.6) is 0 Å². The molecule has 138 valence electrons. The predicted octanol–water partition coefficient (Wildman–Crippen LogP) is 3.81. The van der Waals surface area contributed by atoms with E-state index in [1.54, 1.807) is 24.3 Å². The summed E-state index contributed by atoms with van der Waals surface area (Å²) < 4.78 is 26.2. The molecular weight excluding hydrogens is 376 g/mol. The highest BCUT2D eigenvalue weighted by Gasteiger charge is 2.19. The number of hydrogen-bond donors (Lipinski definition) is 1. The van der Waals surface area contributed by atoms with Gasteiger partial charge in [-0.2, -0.15) is 0 Å². The maximum atomic E-state index is 13.2. The second-order valence-corrected chi connectivity index (χ2v) is 7.09. The van der Waals surface area contributed by atoms with Gasteiger partial charge in [-0.05, 0) is 47.6 Å². The van der Waals surface area contributed by atoms with Crippen molar-refractivity contribution in [2.24, 2.45) is 0 Å². The van der Waals surface area contributed by atoms with E-state index in [2.05, 4.69) is 15.1 Å². The van der Waals surface area contributed by atoms with Crippen LogP contribution in [-0.2, 0) is 13.1 Å². The zero-order valence-electron chi connectivity index (χ0n) is 14.2. The normalized spacial score (nSPS) is 15.1. The van der Waals surface area contributed by atoms with E-state index in [4.69, 9.17) is 23.8 Å². The molecular formula is C19H20ClF2N3S. The number of thiocarbonyl (C=S) groups is 1. The lowest BCUT2D eigenvalue weighted by molar-refractivity contribution is 0.174. The first-order valence-electron chi connectivity index (χ1n) is 8.45. The monoisotopic (exact) mass is 395 g/mol. The first-order valence-corrected chi connectivity index (χ1v) is 9.23. The summed E-state index contributed by atoms with van der Waals surface area (Å²) in [5.74, 6) is -0.632. The van der Waals surface area contributed by atoms with E-state index in [0.29, 0.717) is 11.7 Å². The quantitative estimate of drug-likeness (QED) is 0.793. The summed E-state index contributed by atoms with van der Waals surface area (Å²) in [6.07, 6.45) is 0. The highest BCUT2D eigenvalue weighted by atomic mass is 35.5. The summed E-state index contributed by atoms with van der Waals surface area (Å²) in [5, 5.41) is 4.09. The Balaban J connectivity index is 1.44. The molecule has 2 aromatic carbocycles. The first kappa shape index (κ1) is 19.0. The predicted molar refractivity (Wildman–Crippen MR) is 104 cm³/mol. The average molecular weight is 396 g/mol. The van der Waals surface area contributed by atoms with Crippen LogP contribution in [0.4, 0.5) is 8.78 Å². The molecule has 2 aromatic rings. The van der Waals surface area contributed by atoms with Crippen molar-refractivity contribution in [2.45, 2.75) is 13.1 Å². The van der Waals surface area contributed by atoms with Gasteiger partial charge in [0.05, 0.1) is 5.02 Å². The van der Waals surface area contributed by atoms with Gasteiger partial charge in [0.25, 0.3) is 0 Å². The van der Waals surface area contributed by atoms with Gasteiger partial charge in [-0.3, -0.25) is 4.90 Å². The highest BCUT2D eigenvalue weighted by molar-refractivity contribution is 7.80. The third kappa shape index (κ3) is 5.13. The van der Waals surface area contributed by atoms with Gasteiger partial charge < -0.3 is 10.2 Å². The molecule has 0 aliphatic carbocycles. The van der Waals surface area contributed by atoms with Crippen LogP contribution in [0.25, 0.3) is 0 Å². The standard InChI is InChI=1S/C19H20ClF2N3S/c20-17-11-15(3-6-18(17)22)13-24-7-9-25(10-8-24)19(26)23-12-14-1-4-16(21)5-2-14/h1-6,11H,7-10,12-13H2,(H,23,26). The lowest BCUT2D eigenvalue weighted by atomic mass is 10.2. The second-order valence-electron chi connectivity index (χ2n) is 6.30. The maximum Gasteiger partial charge on any atom is 0.169 e. The molecule has 0 unspecified atom stereocenters. The van der Waals surface area contributed by atoms with E-state index in [0.717, 1.165) is 43.9 Å². The van der Waals surface area contributed by atoms with Crippen LogP contribution in [0.3, 0.4) is 0 Å². The molecule has 1 heterocycles. The molecule has 0 bridgehead atoms. The molecule has 0 spiro atoms. The average Bonchev–Trinajstić information content (AvgIpc) is 2.65. The van der Waals surface area contributed by atoms with E-state index in [1.165, 1.54) is 18.2 Å². The van der Waals surface area contributed by atoms with Gasteiger partial charge in [-0.25, -0.2) is 8.78 Å². The summed E-state index contributed by atoms with van der Waals surface area (Å²) in [4.78, 5) is 4.43. The van der Waals surface area contributed by atoms with Crippen LogP contribution < -0.4 is 5.32 Å². The molecule has 3 rings (SSSR count). The minimum atomic E-state index is -0.391. The van der Waals surface area contributed by atoms with Crippen molar-refractivity contribution in [1.29, 1.82) is 0 Å². The number of benzene rings is 2. The molecule has 1 aliphatic rings. The minimum Gasteiger partial charge on any atom is -0.358 e. The Morgan fingerprint density at radius 3 is 2.31 bits per heavy atom. The number of nitrogens with zero attached hydrogens (tertiary/aromatic N) is 2. The Morgan fingerprint density at radius 1 is 1.00 bits per heavy atom. The zero-order valence-corrected chi connectivity index (χ0v) is 15.8. The first-order chi connectivity index (χ1) is 12.5. The van der Waals surface area contributed by atoms with Crippen LogP contribution in [0.15, 0.2) is 42.5 Å². The molecule has 26 heavy (non-hydrogen) atoms. The van der Waals surface area contributed by atoms with Gasteiger partial charge in [-0.1, -0.05) is 29.8 Å². The molecule has 1 saturated heterocycles. The number of piperazine rings is 1. The fraction of sp³-hybridized carbons (Fsp3) is 0.316. The molecule has 0 saturated carbocycles. The number of nitrogens with one attached hydrogen (secondary N) is 1. The Morgan fingerprint density at radius 2 is 1.65 bits per heavy atom. The van der Waals surface area contributed by atoms with Crippen LogP contribution in [0, 0.1) is 11.6 Å². The molecule has 0 aromatic heterocycles. The fourth-order valence-corrected chi connectivity index (χ4v) is 3.35. The van der Waals surface area contributed by atoms with E-state index in [1.807, 2.05) is 0 Å². The van der Waals surface area contributed by atoms with Crippen molar-refractivity contribution in [3.8, 4) is 0 Å². The van der Waals surface area contributed by atoms with Crippen LogP contribution in [0.2, 0.25) is 5.02 Å². The summed E-state index contributed by atoms with van der Waals surface area (Å²) in [6.45, 7) is 4.70. The van der Waals surface area contributed by atoms with E-state index < -0.39 is 5.82 Å². The summed E-state index contributed by atoms with van der Waals surface area (Å²) in [6, 6.07) is 11.2. The molecule has 0 amide bonds.